The van der Waals surface area contributed by atoms with E-state index in [4.69, 9.17) is 0 Å². The first kappa shape index (κ1) is 8.73. The van der Waals surface area contributed by atoms with Gasteiger partial charge in [0.2, 0.25) is 0 Å². The molecule has 1 heterocycles. The van der Waals surface area contributed by atoms with E-state index in [0.29, 0.717) is 15.9 Å². The summed E-state index contributed by atoms with van der Waals surface area (Å²) in [7, 11) is -3.46. The molecule has 0 amide bonds. The largest absolute Gasteiger partial charge is 0.342 e. The van der Waals surface area contributed by atoms with E-state index in [1.165, 1.54) is 0 Å². The summed E-state index contributed by atoms with van der Waals surface area (Å²) >= 11 is 3.19. The number of hydrogen-bond donors (Lipinski definition) is 1. The highest BCUT2D eigenvalue weighted by Gasteiger charge is 2.17. The van der Waals surface area contributed by atoms with Gasteiger partial charge < -0.3 is 0 Å². The summed E-state index contributed by atoms with van der Waals surface area (Å²) in [5, 5.41) is 0. The third kappa shape index (κ3) is 1.81. The van der Waals surface area contributed by atoms with Crippen LogP contribution < -0.4 is 4.72 Å². The van der Waals surface area contributed by atoms with Crippen LogP contribution in [0.5, 0.6) is 0 Å². The molecule has 0 fully saturated rings. The standard InChI is InChI=1S/C5H7BrN2O2S/c1-3-5(6)4(2)8-11(9,10)7-3/h7H,1-2H3. The fraction of sp³-hybridized carbons (Fsp3) is 0.400. The molecule has 0 spiro atoms. The molecule has 0 bridgehead atoms. The van der Waals surface area contributed by atoms with Crippen molar-refractivity contribution in [2.45, 2.75) is 13.8 Å². The summed E-state index contributed by atoms with van der Waals surface area (Å²) < 4.78 is 28.1. The Labute approximate surface area is 73.7 Å². The van der Waals surface area contributed by atoms with Crippen molar-refractivity contribution in [3.8, 4) is 0 Å². The first-order valence-corrected chi connectivity index (χ1v) is 5.12. The number of allylic oxidation sites excluding steroid dienone is 2. The molecule has 0 aliphatic carbocycles. The van der Waals surface area contributed by atoms with E-state index in [1.807, 2.05) is 0 Å². The van der Waals surface area contributed by atoms with Gasteiger partial charge in [-0.25, -0.2) is 0 Å². The summed E-state index contributed by atoms with van der Waals surface area (Å²) in [5.41, 5.74) is 1.04. The second-order valence-electron chi connectivity index (χ2n) is 2.19. The molecular formula is C5H7BrN2O2S. The van der Waals surface area contributed by atoms with Gasteiger partial charge in [0.25, 0.3) is 0 Å². The van der Waals surface area contributed by atoms with E-state index in [1.54, 1.807) is 13.8 Å². The Kier molecular flexibility index (Phi) is 2.06. The Morgan fingerprint density at radius 2 is 2.00 bits per heavy atom. The van der Waals surface area contributed by atoms with Gasteiger partial charge in [0.15, 0.2) is 0 Å². The topological polar surface area (TPSA) is 58.5 Å². The average Bonchev–Trinajstić information content (AvgIpc) is 1.81. The van der Waals surface area contributed by atoms with E-state index < -0.39 is 10.2 Å². The van der Waals surface area contributed by atoms with E-state index in [2.05, 4.69) is 25.0 Å². The van der Waals surface area contributed by atoms with E-state index in [0.717, 1.165) is 0 Å². The molecule has 0 saturated carbocycles. The first-order chi connectivity index (χ1) is 4.92. The molecular weight excluding hydrogens is 232 g/mol. The molecule has 1 aliphatic heterocycles. The molecule has 1 N–H and O–H groups in total. The monoisotopic (exact) mass is 238 g/mol. The third-order valence-electron chi connectivity index (χ3n) is 1.19. The van der Waals surface area contributed by atoms with Crippen molar-refractivity contribution < 1.29 is 8.42 Å². The number of hydrogen-bond acceptors (Lipinski definition) is 2. The molecule has 0 unspecified atom stereocenters. The fourth-order valence-corrected chi connectivity index (χ4v) is 2.18. The summed E-state index contributed by atoms with van der Waals surface area (Å²) in [6.07, 6.45) is 0. The summed E-state index contributed by atoms with van der Waals surface area (Å²) in [5.74, 6) is 0. The number of halogens is 1. The van der Waals surface area contributed by atoms with Crippen LogP contribution in [0.2, 0.25) is 0 Å². The van der Waals surface area contributed by atoms with Crippen molar-refractivity contribution in [3.05, 3.63) is 10.2 Å². The van der Waals surface area contributed by atoms with Gasteiger partial charge in [-0.05, 0) is 29.8 Å². The Balaban J connectivity index is 3.22. The maximum absolute atomic E-state index is 10.9. The van der Waals surface area contributed by atoms with Crippen LogP contribution in [0.15, 0.2) is 14.6 Å². The van der Waals surface area contributed by atoms with Crippen molar-refractivity contribution >= 4 is 31.9 Å². The Bertz CT molecular complexity index is 341. The minimum atomic E-state index is -3.46. The van der Waals surface area contributed by atoms with Crippen LogP contribution in [0.1, 0.15) is 13.8 Å². The summed E-state index contributed by atoms with van der Waals surface area (Å²) in [6, 6.07) is 0. The molecule has 62 valence electrons. The molecule has 11 heavy (non-hydrogen) atoms. The van der Waals surface area contributed by atoms with Crippen LogP contribution >= 0.6 is 15.9 Å². The summed E-state index contributed by atoms with van der Waals surface area (Å²) in [4.78, 5) is 0. The lowest BCUT2D eigenvalue weighted by Crippen LogP contribution is -2.26. The summed E-state index contributed by atoms with van der Waals surface area (Å²) in [6.45, 7) is 3.30. The van der Waals surface area contributed by atoms with Crippen LogP contribution in [0.4, 0.5) is 0 Å². The van der Waals surface area contributed by atoms with Crippen LogP contribution in [-0.4, -0.2) is 14.1 Å². The highest BCUT2D eigenvalue weighted by molar-refractivity contribution is 9.12. The van der Waals surface area contributed by atoms with E-state index in [-0.39, 0.29) is 0 Å². The Hall–Kier alpha value is -0.360. The maximum atomic E-state index is 10.9. The molecule has 4 nitrogen and oxygen atoms in total. The zero-order chi connectivity index (χ0) is 8.65. The zero-order valence-corrected chi connectivity index (χ0v) is 8.45. The molecule has 0 aromatic heterocycles. The van der Waals surface area contributed by atoms with Gasteiger partial charge in [0.05, 0.1) is 10.2 Å². The normalized spacial score (nSPS) is 22.6. The number of rotatable bonds is 0. The minimum Gasteiger partial charge on any atom is -0.268 e. The van der Waals surface area contributed by atoms with Crippen LogP contribution in [0.25, 0.3) is 0 Å². The van der Waals surface area contributed by atoms with Gasteiger partial charge in [-0.2, -0.15) is 8.42 Å². The van der Waals surface area contributed by atoms with Crippen LogP contribution in [-0.2, 0) is 10.2 Å². The molecule has 0 radical (unpaired) electrons. The highest BCUT2D eigenvalue weighted by Crippen LogP contribution is 2.17. The smallest absolute Gasteiger partial charge is 0.268 e. The van der Waals surface area contributed by atoms with Crippen molar-refractivity contribution in [1.29, 1.82) is 0 Å². The fourth-order valence-electron chi connectivity index (χ4n) is 0.753. The van der Waals surface area contributed by atoms with Gasteiger partial charge in [0.1, 0.15) is 0 Å². The van der Waals surface area contributed by atoms with Crippen molar-refractivity contribution in [2.24, 2.45) is 4.40 Å². The van der Waals surface area contributed by atoms with E-state index >= 15 is 0 Å². The Morgan fingerprint density at radius 1 is 1.45 bits per heavy atom. The van der Waals surface area contributed by atoms with Gasteiger partial charge in [-0.1, -0.05) is 0 Å². The maximum Gasteiger partial charge on any atom is 0.342 e. The highest BCUT2D eigenvalue weighted by atomic mass is 79.9. The molecule has 1 aliphatic rings. The van der Waals surface area contributed by atoms with Crippen LogP contribution in [0.3, 0.4) is 0 Å². The van der Waals surface area contributed by atoms with Gasteiger partial charge in [-0.3, -0.25) is 4.72 Å². The van der Waals surface area contributed by atoms with Gasteiger partial charge >= 0.3 is 10.2 Å². The molecule has 6 heteroatoms. The number of nitrogens with one attached hydrogen (secondary N) is 1. The lowest BCUT2D eigenvalue weighted by atomic mass is 10.3. The average molecular weight is 239 g/mol. The molecule has 0 aromatic rings. The predicted octanol–water partition coefficient (Wildman–Crippen LogP) is 0.922. The molecule has 1 rings (SSSR count). The van der Waals surface area contributed by atoms with Crippen molar-refractivity contribution in [3.63, 3.8) is 0 Å². The van der Waals surface area contributed by atoms with Gasteiger partial charge in [0, 0.05) is 5.70 Å². The van der Waals surface area contributed by atoms with Crippen molar-refractivity contribution in [2.75, 3.05) is 0 Å². The van der Waals surface area contributed by atoms with E-state index in [9.17, 15) is 8.42 Å². The first-order valence-electron chi connectivity index (χ1n) is 2.88. The molecule has 0 atom stereocenters. The second kappa shape index (κ2) is 2.60. The van der Waals surface area contributed by atoms with Crippen LogP contribution in [0, 0.1) is 0 Å². The molecule has 0 aromatic carbocycles. The lowest BCUT2D eigenvalue weighted by molar-refractivity contribution is 0.590. The van der Waals surface area contributed by atoms with Crippen molar-refractivity contribution in [1.82, 2.24) is 4.72 Å². The number of nitrogens with zero attached hydrogens (tertiary/aromatic N) is 1. The van der Waals surface area contributed by atoms with Gasteiger partial charge in [-0.15, -0.1) is 4.40 Å². The zero-order valence-electron chi connectivity index (χ0n) is 6.05. The predicted molar refractivity (Wildman–Crippen MR) is 46.8 cm³/mol. The minimum absolute atomic E-state index is 0.473. The SMILES string of the molecule is CC1=NS(=O)(=O)NC(C)=C1Br. The molecule has 0 saturated heterocycles. The lowest BCUT2D eigenvalue weighted by Gasteiger charge is -2.12. The Morgan fingerprint density at radius 3 is 2.45 bits per heavy atom. The third-order valence-corrected chi connectivity index (χ3v) is 3.43. The second-order valence-corrected chi connectivity index (χ2v) is 4.32. The quantitative estimate of drug-likeness (QED) is 0.683.